The van der Waals surface area contributed by atoms with E-state index in [4.69, 9.17) is 0 Å². The molecule has 3 heteroatoms. The van der Waals surface area contributed by atoms with Gasteiger partial charge in [-0.3, -0.25) is 4.98 Å². The second kappa shape index (κ2) is 4.53. The van der Waals surface area contributed by atoms with Gasteiger partial charge in [-0.25, -0.2) is 4.39 Å². The normalized spacial score (nSPS) is 10.3. The highest BCUT2D eigenvalue weighted by molar-refractivity contribution is 9.08. The monoisotopic (exact) mass is 265 g/mol. The Bertz CT molecular complexity index is 436. The molecule has 0 unspecified atom stereocenters. The van der Waals surface area contributed by atoms with Crippen LogP contribution in [-0.2, 0) is 5.33 Å². The topological polar surface area (TPSA) is 12.9 Å². The molecule has 0 saturated heterocycles. The van der Waals surface area contributed by atoms with Gasteiger partial charge in [0.2, 0.25) is 0 Å². The number of hydrogen-bond acceptors (Lipinski definition) is 1. The zero-order valence-corrected chi connectivity index (χ0v) is 9.54. The fourth-order valence-electron chi connectivity index (χ4n) is 1.29. The standard InChI is InChI=1S/C12H9BrFN/c13-7-9-1-6-12(15-8-9)10-2-4-11(14)5-3-10/h1-6,8H,7H2. The van der Waals surface area contributed by atoms with E-state index in [1.54, 1.807) is 12.1 Å². The first-order valence-electron chi connectivity index (χ1n) is 4.56. The zero-order valence-electron chi connectivity index (χ0n) is 7.95. The highest BCUT2D eigenvalue weighted by atomic mass is 79.9. The van der Waals surface area contributed by atoms with Crippen LogP contribution in [0.4, 0.5) is 4.39 Å². The summed E-state index contributed by atoms with van der Waals surface area (Å²) in [7, 11) is 0. The molecular weight excluding hydrogens is 257 g/mol. The van der Waals surface area contributed by atoms with Crippen molar-refractivity contribution in [1.29, 1.82) is 0 Å². The Morgan fingerprint density at radius 3 is 2.33 bits per heavy atom. The molecule has 15 heavy (non-hydrogen) atoms. The number of hydrogen-bond donors (Lipinski definition) is 0. The summed E-state index contributed by atoms with van der Waals surface area (Å²) in [6.07, 6.45) is 1.81. The van der Waals surface area contributed by atoms with E-state index >= 15 is 0 Å². The third-order valence-electron chi connectivity index (χ3n) is 2.12. The van der Waals surface area contributed by atoms with Gasteiger partial charge in [0.05, 0.1) is 5.69 Å². The lowest BCUT2D eigenvalue weighted by Crippen LogP contribution is -1.85. The minimum absolute atomic E-state index is 0.226. The predicted molar refractivity (Wildman–Crippen MR) is 62.3 cm³/mol. The molecule has 2 aromatic rings. The molecule has 0 aliphatic rings. The molecule has 0 aliphatic carbocycles. The van der Waals surface area contributed by atoms with Gasteiger partial charge in [0.15, 0.2) is 0 Å². The molecule has 1 nitrogen and oxygen atoms in total. The van der Waals surface area contributed by atoms with Crippen LogP contribution in [-0.4, -0.2) is 4.98 Å². The van der Waals surface area contributed by atoms with Crippen LogP contribution < -0.4 is 0 Å². The summed E-state index contributed by atoms with van der Waals surface area (Å²) in [5.74, 6) is -0.226. The van der Waals surface area contributed by atoms with Crippen molar-refractivity contribution in [3.63, 3.8) is 0 Å². The minimum atomic E-state index is -0.226. The fraction of sp³-hybridized carbons (Fsp3) is 0.0833. The Balaban J connectivity index is 2.33. The van der Waals surface area contributed by atoms with Crippen LogP contribution in [0.1, 0.15) is 5.56 Å². The molecule has 1 aromatic heterocycles. The van der Waals surface area contributed by atoms with Gasteiger partial charge in [0.25, 0.3) is 0 Å². The predicted octanol–water partition coefficient (Wildman–Crippen LogP) is 3.78. The summed E-state index contributed by atoms with van der Waals surface area (Å²) < 4.78 is 12.7. The lowest BCUT2D eigenvalue weighted by molar-refractivity contribution is 0.628. The second-order valence-corrected chi connectivity index (χ2v) is 3.75. The molecule has 0 fully saturated rings. The van der Waals surface area contributed by atoms with Crippen molar-refractivity contribution in [2.24, 2.45) is 0 Å². The Morgan fingerprint density at radius 1 is 1.07 bits per heavy atom. The van der Waals surface area contributed by atoms with E-state index in [9.17, 15) is 4.39 Å². The molecule has 0 N–H and O–H groups in total. The van der Waals surface area contributed by atoms with Crippen LogP contribution in [0.5, 0.6) is 0 Å². The third-order valence-corrected chi connectivity index (χ3v) is 2.77. The van der Waals surface area contributed by atoms with E-state index in [-0.39, 0.29) is 5.82 Å². The maximum atomic E-state index is 12.7. The molecule has 0 atom stereocenters. The summed E-state index contributed by atoms with van der Waals surface area (Å²) in [6, 6.07) is 10.3. The molecule has 1 aromatic carbocycles. The first-order chi connectivity index (χ1) is 7.29. The molecule has 0 spiro atoms. The Hall–Kier alpha value is -1.22. The number of halogens is 2. The Kier molecular flexibility index (Phi) is 3.11. The number of alkyl halides is 1. The van der Waals surface area contributed by atoms with Gasteiger partial charge < -0.3 is 0 Å². The number of aromatic nitrogens is 1. The fourth-order valence-corrected chi connectivity index (χ4v) is 1.63. The van der Waals surface area contributed by atoms with E-state index < -0.39 is 0 Å². The van der Waals surface area contributed by atoms with Crippen molar-refractivity contribution in [3.8, 4) is 11.3 Å². The summed E-state index contributed by atoms with van der Waals surface area (Å²) in [5, 5.41) is 0.795. The van der Waals surface area contributed by atoms with Gasteiger partial charge in [-0.1, -0.05) is 22.0 Å². The summed E-state index contributed by atoms with van der Waals surface area (Å²) in [6.45, 7) is 0. The van der Waals surface area contributed by atoms with Crippen LogP contribution in [0, 0.1) is 5.82 Å². The van der Waals surface area contributed by atoms with Crippen molar-refractivity contribution >= 4 is 15.9 Å². The van der Waals surface area contributed by atoms with E-state index in [1.165, 1.54) is 12.1 Å². The number of nitrogens with zero attached hydrogens (tertiary/aromatic N) is 1. The highest BCUT2D eigenvalue weighted by Crippen LogP contribution is 2.17. The zero-order chi connectivity index (χ0) is 10.7. The number of rotatable bonds is 2. The minimum Gasteiger partial charge on any atom is -0.256 e. The highest BCUT2D eigenvalue weighted by Gasteiger charge is 1.99. The molecule has 1 heterocycles. The second-order valence-electron chi connectivity index (χ2n) is 3.19. The van der Waals surface area contributed by atoms with E-state index in [1.807, 2.05) is 18.3 Å². The molecule has 76 valence electrons. The van der Waals surface area contributed by atoms with Crippen LogP contribution in [0.25, 0.3) is 11.3 Å². The quantitative estimate of drug-likeness (QED) is 0.754. The summed E-state index contributed by atoms with van der Waals surface area (Å²) in [5.41, 5.74) is 2.91. The van der Waals surface area contributed by atoms with E-state index in [0.29, 0.717) is 0 Å². The molecule has 2 rings (SSSR count). The SMILES string of the molecule is Fc1ccc(-c2ccc(CBr)cn2)cc1. The number of pyridine rings is 1. The van der Waals surface area contributed by atoms with Crippen molar-refractivity contribution in [3.05, 3.63) is 54.0 Å². The molecule has 0 bridgehead atoms. The number of benzene rings is 1. The van der Waals surface area contributed by atoms with Gasteiger partial charge in [0, 0.05) is 17.1 Å². The van der Waals surface area contributed by atoms with Crippen LogP contribution in [0.3, 0.4) is 0 Å². The lowest BCUT2D eigenvalue weighted by atomic mass is 10.1. The molecule has 0 saturated carbocycles. The van der Waals surface area contributed by atoms with Gasteiger partial charge in [-0.05, 0) is 35.9 Å². The first kappa shape index (κ1) is 10.3. The Labute approximate surface area is 96.1 Å². The van der Waals surface area contributed by atoms with Gasteiger partial charge in [-0.15, -0.1) is 0 Å². The average Bonchev–Trinajstić information content (AvgIpc) is 2.30. The summed E-state index contributed by atoms with van der Waals surface area (Å²) in [4.78, 5) is 4.30. The van der Waals surface area contributed by atoms with Crippen LogP contribution in [0.15, 0.2) is 42.6 Å². The maximum absolute atomic E-state index is 12.7. The van der Waals surface area contributed by atoms with Gasteiger partial charge in [0.1, 0.15) is 5.82 Å². The van der Waals surface area contributed by atoms with Crippen molar-refractivity contribution < 1.29 is 4.39 Å². The van der Waals surface area contributed by atoms with Crippen molar-refractivity contribution in [2.45, 2.75) is 5.33 Å². The smallest absolute Gasteiger partial charge is 0.123 e. The molecule has 0 radical (unpaired) electrons. The lowest BCUT2D eigenvalue weighted by Gasteiger charge is -2.01. The molecular formula is C12H9BrFN. The summed E-state index contributed by atoms with van der Waals surface area (Å²) >= 11 is 3.36. The third kappa shape index (κ3) is 2.42. The molecule has 0 aliphatic heterocycles. The van der Waals surface area contributed by atoms with Crippen molar-refractivity contribution in [1.82, 2.24) is 4.98 Å². The largest absolute Gasteiger partial charge is 0.256 e. The van der Waals surface area contributed by atoms with E-state index in [0.717, 1.165) is 22.2 Å². The van der Waals surface area contributed by atoms with Gasteiger partial charge in [-0.2, -0.15) is 0 Å². The van der Waals surface area contributed by atoms with E-state index in [2.05, 4.69) is 20.9 Å². The first-order valence-corrected chi connectivity index (χ1v) is 5.68. The van der Waals surface area contributed by atoms with Crippen LogP contribution >= 0.6 is 15.9 Å². The van der Waals surface area contributed by atoms with Gasteiger partial charge >= 0.3 is 0 Å². The Morgan fingerprint density at radius 2 is 1.80 bits per heavy atom. The maximum Gasteiger partial charge on any atom is 0.123 e. The average molecular weight is 266 g/mol. The molecule has 0 amide bonds. The van der Waals surface area contributed by atoms with Crippen molar-refractivity contribution in [2.75, 3.05) is 0 Å². The van der Waals surface area contributed by atoms with Crippen LogP contribution in [0.2, 0.25) is 0 Å².